The summed E-state index contributed by atoms with van der Waals surface area (Å²) in [6.45, 7) is 3.23. The summed E-state index contributed by atoms with van der Waals surface area (Å²) in [7, 11) is 0. The quantitative estimate of drug-likeness (QED) is 0.568. The maximum atomic E-state index is 12.2. The van der Waals surface area contributed by atoms with Crippen LogP contribution in [-0.4, -0.2) is 22.0 Å². The number of nitrogens with one attached hydrogen (secondary N) is 4. The predicted octanol–water partition coefficient (Wildman–Crippen LogP) is 3.61. The van der Waals surface area contributed by atoms with Gasteiger partial charge in [-0.3, -0.25) is 14.9 Å². The van der Waals surface area contributed by atoms with Crippen LogP contribution in [0.4, 0.5) is 11.4 Å². The molecule has 2 aromatic rings. The van der Waals surface area contributed by atoms with E-state index in [0.717, 1.165) is 5.56 Å². The van der Waals surface area contributed by atoms with E-state index in [-0.39, 0.29) is 22.0 Å². The van der Waals surface area contributed by atoms with Crippen molar-refractivity contribution in [2.75, 3.05) is 10.6 Å². The molecule has 0 radical (unpaired) electrons. The van der Waals surface area contributed by atoms with Gasteiger partial charge in [-0.15, -0.1) is 0 Å². The van der Waals surface area contributed by atoms with Crippen molar-refractivity contribution < 1.29 is 9.59 Å². The van der Waals surface area contributed by atoms with Gasteiger partial charge >= 0.3 is 0 Å². The zero-order valence-electron chi connectivity index (χ0n) is 14.6. The molecule has 0 unspecified atom stereocenters. The molecule has 140 valence electrons. The number of carbonyl (C=O) groups is 2. The van der Waals surface area contributed by atoms with Gasteiger partial charge in [0.1, 0.15) is 0 Å². The average molecular weight is 421 g/mol. The molecule has 0 heterocycles. The minimum Gasteiger partial charge on any atom is -0.332 e. The molecule has 4 N–H and O–H groups in total. The molecule has 27 heavy (non-hydrogen) atoms. The number of halogens is 1. The van der Waals surface area contributed by atoms with Gasteiger partial charge in [-0.1, -0.05) is 17.7 Å². The first-order valence-electron chi connectivity index (χ1n) is 7.81. The Morgan fingerprint density at radius 1 is 0.889 bits per heavy atom. The van der Waals surface area contributed by atoms with Crippen LogP contribution in [0.2, 0.25) is 5.02 Å². The monoisotopic (exact) mass is 420 g/mol. The summed E-state index contributed by atoms with van der Waals surface area (Å²) in [5, 5.41) is 11.7. The molecule has 0 aromatic heterocycles. The van der Waals surface area contributed by atoms with Crippen LogP contribution < -0.4 is 21.3 Å². The number of aryl methyl sites for hydroxylation is 1. The third-order valence-corrected chi connectivity index (χ3v) is 4.17. The Bertz CT molecular complexity index is 901. The fourth-order valence-corrected chi connectivity index (χ4v) is 2.68. The lowest BCUT2D eigenvalue weighted by Crippen LogP contribution is -2.34. The van der Waals surface area contributed by atoms with Crippen molar-refractivity contribution in [3.05, 3.63) is 58.6 Å². The van der Waals surface area contributed by atoms with Gasteiger partial charge in [-0.05, 0) is 73.3 Å². The molecule has 0 spiro atoms. The van der Waals surface area contributed by atoms with Gasteiger partial charge < -0.3 is 16.0 Å². The number of rotatable bonds is 3. The van der Waals surface area contributed by atoms with Crippen LogP contribution in [0.3, 0.4) is 0 Å². The largest absolute Gasteiger partial charge is 0.332 e. The second-order valence-electron chi connectivity index (χ2n) is 5.58. The highest BCUT2D eigenvalue weighted by molar-refractivity contribution is 7.80. The number of hydrogen-bond acceptors (Lipinski definition) is 4. The molecule has 0 bridgehead atoms. The minimum absolute atomic E-state index is 0.158. The molecule has 2 amide bonds. The molecule has 6 nitrogen and oxygen atoms in total. The Labute approximate surface area is 172 Å². The SMILES string of the molecule is CC(=O)NC(=S)Nc1ccc(NC(=S)NC(=O)c2ccc(C)c(Cl)c2)cc1. The Morgan fingerprint density at radius 3 is 1.89 bits per heavy atom. The van der Waals surface area contributed by atoms with Crippen LogP contribution in [-0.2, 0) is 4.79 Å². The number of benzene rings is 2. The van der Waals surface area contributed by atoms with E-state index in [1.165, 1.54) is 6.92 Å². The van der Waals surface area contributed by atoms with Gasteiger partial charge in [0.05, 0.1) is 0 Å². The summed E-state index contributed by atoms with van der Waals surface area (Å²) in [6, 6.07) is 12.0. The molecule has 2 rings (SSSR count). The third-order valence-electron chi connectivity index (χ3n) is 3.35. The summed E-state index contributed by atoms with van der Waals surface area (Å²) < 4.78 is 0. The van der Waals surface area contributed by atoms with E-state index in [1.807, 2.05) is 6.92 Å². The molecule has 2 aromatic carbocycles. The maximum absolute atomic E-state index is 12.2. The van der Waals surface area contributed by atoms with Gasteiger partial charge in [0.2, 0.25) is 5.91 Å². The lowest BCUT2D eigenvalue weighted by Gasteiger charge is -2.12. The van der Waals surface area contributed by atoms with Crippen molar-refractivity contribution in [1.82, 2.24) is 10.6 Å². The van der Waals surface area contributed by atoms with Crippen molar-refractivity contribution >= 4 is 69.5 Å². The standard InChI is InChI=1S/C18H17ClN4O2S2/c1-10-3-4-12(9-15(10)19)16(25)23-18(27)22-14-7-5-13(6-8-14)21-17(26)20-11(2)24/h3-9H,1-2H3,(H2,20,21,24,26)(H2,22,23,25,27). The van der Waals surface area contributed by atoms with Crippen LogP contribution in [0.25, 0.3) is 0 Å². The summed E-state index contributed by atoms with van der Waals surface area (Å²) in [6.07, 6.45) is 0. The number of anilines is 2. The Morgan fingerprint density at radius 2 is 1.41 bits per heavy atom. The summed E-state index contributed by atoms with van der Waals surface area (Å²) >= 11 is 16.2. The fraction of sp³-hybridized carbons (Fsp3) is 0.111. The number of hydrogen-bond donors (Lipinski definition) is 4. The summed E-state index contributed by atoms with van der Waals surface area (Å²) in [5.74, 6) is -0.602. The number of thiocarbonyl (C=S) groups is 2. The van der Waals surface area contributed by atoms with E-state index in [1.54, 1.807) is 42.5 Å². The second-order valence-corrected chi connectivity index (χ2v) is 6.81. The third kappa shape index (κ3) is 6.59. The molecule has 0 aliphatic rings. The topological polar surface area (TPSA) is 82.3 Å². The highest BCUT2D eigenvalue weighted by Gasteiger charge is 2.09. The van der Waals surface area contributed by atoms with Crippen molar-refractivity contribution in [2.45, 2.75) is 13.8 Å². The predicted molar refractivity (Wildman–Crippen MR) is 116 cm³/mol. The number of carbonyl (C=O) groups excluding carboxylic acids is 2. The molecule has 9 heteroatoms. The molecular weight excluding hydrogens is 404 g/mol. The molecule has 0 atom stereocenters. The Hall–Kier alpha value is -2.55. The zero-order valence-corrected chi connectivity index (χ0v) is 16.9. The van der Waals surface area contributed by atoms with E-state index in [9.17, 15) is 9.59 Å². The molecule has 0 aliphatic heterocycles. The molecular formula is C18H17ClN4O2S2. The van der Waals surface area contributed by atoms with Gasteiger partial charge in [0, 0.05) is 28.9 Å². The van der Waals surface area contributed by atoms with E-state index < -0.39 is 0 Å². The lowest BCUT2D eigenvalue weighted by molar-refractivity contribution is -0.117. The average Bonchev–Trinajstić information content (AvgIpc) is 2.58. The van der Waals surface area contributed by atoms with Crippen molar-refractivity contribution in [3.8, 4) is 0 Å². The first-order chi connectivity index (χ1) is 12.7. The van der Waals surface area contributed by atoms with Crippen LogP contribution in [0.15, 0.2) is 42.5 Å². The Kier molecular flexibility index (Phi) is 7.23. The summed E-state index contributed by atoms with van der Waals surface area (Å²) in [4.78, 5) is 23.2. The van der Waals surface area contributed by atoms with E-state index >= 15 is 0 Å². The molecule has 0 saturated carbocycles. The van der Waals surface area contributed by atoms with Crippen LogP contribution in [0.1, 0.15) is 22.8 Å². The maximum Gasteiger partial charge on any atom is 0.257 e. The zero-order chi connectivity index (χ0) is 20.0. The van der Waals surface area contributed by atoms with Crippen molar-refractivity contribution in [1.29, 1.82) is 0 Å². The van der Waals surface area contributed by atoms with E-state index in [0.29, 0.717) is 22.0 Å². The van der Waals surface area contributed by atoms with Gasteiger partial charge in [-0.25, -0.2) is 0 Å². The smallest absolute Gasteiger partial charge is 0.257 e. The number of amides is 2. The summed E-state index contributed by atoms with van der Waals surface area (Å²) in [5.41, 5.74) is 2.68. The van der Waals surface area contributed by atoms with Crippen LogP contribution in [0.5, 0.6) is 0 Å². The lowest BCUT2D eigenvalue weighted by atomic mass is 10.1. The molecule has 0 saturated heterocycles. The first-order valence-corrected chi connectivity index (χ1v) is 9.01. The highest BCUT2D eigenvalue weighted by Crippen LogP contribution is 2.17. The Balaban J connectivity index is 1.91. The fourth-order valence-electron chi connectivity index (χ4n) is 2.03. The van der Waals surface area contributed by atoms with E-state index in [2.05, 4.69) is 21.3 Å². The van der Waals surface area contributed by atoms with Crippen LogP contribution >= 0.6 is 36.0 Å². The second kappa shape index (κ2) is 9.40. The normalized spacial score (nSPS) is 9.89. The molecule has 0 fully saturated rings. The van der Waals surface area contributed by atoms with Crippen molar-refractivity contribution in [2.24, 2.45) is 0 Å². The highest BCUT2D eigenvalue weighted by atomic mass is 35.5. The van der Waals surface area contributed by atoms with Gasteiger partial charge in [0.25, 0.3) is 5.91 Å². The van der Waals surface area contributed by atoms with Gasteiger partial charge in [0.15, 0.2) is 10.2 Å². The first kappa shape index (κ1) is 20.8. The molecule has 0 aliphatic carbocycles. The van der Waals surface area contributed by atoms with Gasteiger partial charge in [-0.2, -0.15) is 0 Å². The van der Waals surface area contributed by atoms with Crippen molar-refractivity contribution in [3.63, 3.8) is 0 Å². The minimum atomic E-state index is -0.353. The van der Waals surface area contributed by atoms with Crippen LogP contribution in [0, 0.1) is 6.92 Å². The van der Waals surface area contributed by atoms with E-state index in [4.69, 9.17) is 36.0 Å².